The Morgan fingerprint density at radius 3 is 2.62 bits per heavy atom. The molecule has 1 heterocycles. The van der Waals surface area contributed by atoms with E-state index in [-0.39, 0.29) is 6.03 Å². The number of rotatable bonds is 6. The van der Waals surface area contributed by atoms with Crippen molar-refractivity contribution >= 4 is 11.7 Å². The highest BCUT2D eigenvalue weighted by atomic mass is 16.5. The van der Waals surface area contributed by atoms with Crippen LogP contribution in [0, 0.1) is 6.92 Å². The van der Waals surface area contributed by atoms with Gasteiger partial charge in [-0.3, -0.25) is 0 Å². The van der Waals surface area contributed by atoms with Gasteiger partial charge in [-0.25, -0.2) is 4.79 Å². The van der Waals surface area contributed by atoms with E-state index in [0.717, 1.165) is 22.7 Å². The summed E-state index contributed by atoms with van der Waals surface area (Å²) in [6, 6.07) is 19.4. The van der Waals surface area contributed by atoms with Crippen molar-refractivity contribution in [3.05, 3.63) is 78.6 Å². The highest BCUT2D eigenvalue weighted by Crippen LogP contribution is 2.17. The van der Waals surface area contributed by atoms with Gasteiger partial charge in [0.05, 0.1) is 6.54 Å². The molecule has 0 bridgehead atoms. The summed E-state index contributed by atoms with van der Waals surface area (Å²) in [4.78, 5) is 14.0. The van der Waals surface area contributed by atoms with Crippen molar-refractivity contribution in [3.63, 3.8) is 0 Å². The molecule has 134 valence electrons. The number of nitrogens with zero attached hydrogens (tertiary/aromatic N) is 2. The summed E-state index contributed by atoms with van der Waals surface area (Å²) in [5.74, 6) is 0.848. The molecular formula is C21H23N3O2. The molecule has 0 aliphatic rings. The van der Waals surface area contributed by atoms with E-state index >= 15 is 0 Å². The Morgan fingerprint density at radius 1 is 1.08 bits per heavy atom. The van der Waals surface area contributed by atoms with E-state index in [0.29, 0.717) is 13.2 Å². The zero-order valence-corrected chi connectivity index (χ0v) is 15.1. The van der Waals surface area contributed by atoms with Crippen LogP contribution in [0.1, 0.15) is 5.56 Å². The topological polar surface area (TPSA) is 46.5 Å². The number of aromatic nitrogens is 1. The lowest BCUT2D eigenvalue weighted by atomic mass is 10.2. The highest BCUT2D eigenvalue weighted by molar-refractivity contribution is 5.89. The molecule has 2 aromatic carbocycles. The number of carbonyl (C=O) groups is 1. The maximum atomic E-state index is 12.4. The molecule has 0 atom stereocenters. The molecule has 26 heavy (non-hydrogen) atoms. The minimum absolute atomic E-state index is 0.164. The number of nitrogens with one attached hydrogen (secondary N) is 1. The number of benzene rings is 2. The average molecular weight is 349 g/mol. The Bertz CT molecular complexity index is 859. The molecule has 3 rings (SSSR count). The molecule has 5 nitrogen and oxygen atoms in total. The van der Waals surface area contributed by atoms with E-state index in [2.05, 4.69) is 5.32 Å². The van der Waals surface area contributed by atoms with Crippen LogP contribution in [0.3, 0.4) is 0 Å². The first-order valence-electron chi connectivity index (χ1n) is 8.57. The Hall–Kier alpha value is -3.21. The number of hydrogen-bond acceptors (Lipinski definition) is 2. The van der Waals surface area contributed by atoms with Crippen LogP contribution < -0.4 is 10.1 Å². The van der Waals surface area contributed by atoms with Crippen molar-refractivity contribution in [1.82, 2.24) is 9.47 Å². The molecule has 1 aromatic heterocycles. The number of hydrogen-bond donors (Lipinski definition) is 1. The van der Waals surface area contributed by atoms with Crippen LogP contribution in [0.4, 0.5) is 10.5 Å². The normalized spacial score (nSPS) is 10.4. The van der Waals surface area contributed by atoms with Gasteiger partial charge in [0.25, 0.3) is 0 Å². The summed E-state index contributed by atoms with van der Waals surface area (Å²) < 4.78 is 7.75. The molecule has 0 saturated carbocycles. The van der Waals surface area contributed by atoms with Gasteiger partial charge in [-0.1, -0.05) is 24.3 Å². The van der Waals surface area contributed by atoms with Gasteiger partial charge in [0, 0.05) is 30.8 Å². The predicted octanol–water partition coefficient (Wildman–Crippen LogP) is 4.33. The average Bonchev–Trinajstić information content (AvgIpc) is 3.18. The number of likely N-dealkylation sites (N-methyl/N-ethyl adjacent to an activating group) is 1. The fraction of sp³-hybridized carbons (Fsp3) is 0.190. The van der Waals surface area contributed by atoms with E-state index in [4.69, 9.17) is 4.74 Å². The lowest BCUT2D eigenvalue weighted by molar-refractivity contribution is 0.207. The van der Waals surface area contributed by atoms with E-state index in [1.54, 1.807) is 11.9 Å². The van der Waals surface area contributed by atoms with Crippen LogP contribution >= 0.6 is 0 Å². The van der Waals surface area contributed by atoms with Gasteiger partial charge in [0.1, 0.15) is 12.4 Å². The molecule has 1 N–H and O–H groups in total. The van der Waals surface area contributed by atoms with Crippen molar-refractivity contribution in [2.75, 3.05) is 25.5 Å². The lowest BCUT2D eigenvalue weighted by Gasteiger charge is -2.19. The second kappa shape index (κ2) is 8.25. The monoisotopic (exact) mass is 349 g/mol. The third-order valence-electron chi connectivity index (χ3n) is 4.12. The van der Waals surface area contributed by atoms with Crippen LogP contribution in [0.25, 0.3) is 5.69 Å². The first kappa shape index (κ1) is 17.6. The zero-order valence-electron chi connectivity index (χ0n) is 15.1. The summed E-state index contributed by atoms with van der Waals surface area (Å²) in [6.07, 6.45) is 3.94. The number of anilines is 1. The SMILES string of the molecule is Cc1ccccc1OCCN(C)C(=O)Nc1cccc(-n2cccc2)c1. The van der Waals surface area contributed by atoms with Crippen LogP contribution in [-0.2, 0) is 0 Å². The van der Waals surface area contributed by atoms with E-state index in [1.807, 2.05) is 84.5 Å². The maximum absolute atomic E-state index is 12.4. The molecule has 2 amide bonds. The van der Waals surface area contributed by atoms with Gasteiger partial charge in [-0.05, 0) is 48.9 Å². The second-order valence-electron chi connectivity index (χ2n) is 6.11. The summed E-state index contributed by atoms with van der Waals surface area (Å²) >= 11 is 0. The highest BCUT2D eigenvalue weighted by Gasteiger charge is 2.09. The van der Waals surface area contributed by atoms with Gasteiger partial charge >= 0.3 is 6.03 Å². The summed E-state index contributed by atoms with van der Waals surface area (Å²) in [7, 11) is 1.76. The van der Waals surface area contributed by atoms with Crippen molar-refractivity contribution < 1.29 is 9.53 Å². The smallest absolute Gasteiger partial charge is 0.321 e. The van der Waals surface area contributed by atoms with E-state index in [1.165, 1.54) is 0 Å². The molecule has 5 heteroatoms. The molecular weight excluding hydrogens is 326 g/mol. The predicted molar refractivity (Wildman–Crippen MR) is 104 cm³/mol. The summed E-state index contributed by atoms with van der Waals surface area (Å²) in [6.45, 7) is 2.94. The Balaban J connectivity index is 1.53. The van der Waals surface area contributed by atoms with Gasteiger partial charge in [-0.15, -0.1) is 0 Å². The first-order chi connectivity index (χ1) is 12.6. The van der Waals surface area contributed by atoms with Gasteiger partial charge in [0.15, 0.2) is 0 Å². The molecule has 0 fully saturated rings. The zero-order chi connectivity index (χ0) is 18.4. The largest absolute Gasteiger partial charge is 0.491 e. The van der Waals surface area contributed by atoms with Crippen molar-refractivity contribution in [2.45, 2.75) is 6.92 Å². The summed E-state index contributed by atoms with van der Waals surface area (Å²) in [5.41, 5.74) is 2.84. The molecule has 0 unspecified atom stereocenters. The van der Waals surface area contributed by atoms with E-state index in [9.17, 15) is 4.79 Å². The third kappa shape index (κ3) is 4.45. The van der Waals surface area contributed by atoms with Gasteiger partial charge < -0.3 is 19.5 Å². The molecule has 0 spiro atoms. The fourth-order valence-electron chi connectivity index (χ4n) is 2.58. The van der Waals surface area contributed by atoms with Crippen LogP contribution in [-0.4, -0.2) is 35.7 Å². The lowest BCUT2D eigenvalue weighted by Crippen LogP contribution is -2.34. The standard InChI is InChI=1S/C21H23N3O2/c1-17-8-3-4-11-20(17)26-15-14-23(2)21(25)22-18-9-7-10-19(16-18)24-12-5-6-13-24/h3-13,16H,14-15H2,1-2H3,(H,22,25). The van der Waals surface area contributed by atoms with Gasteiger partial charge in [0.2, 0.25) is 0 Å². The maximum Gasteiger partial charge on any atom is 0.321 e. The molecule has 0 aliphatic heterocycles. The third-order valence-corrected chi connectivity index (χ3v) is 4.12. The molecule has 0 radical (unpaired) electrons. The summed E-state index contributed by atoms with van der Waals surface area (Å²) in [5, 5.41) is 2.92. The molecule has 0 saturated heterocycles. The minimum Gasteiger partial charge on any atom is -0.491 e. The van der Waals surface area contributed by atoms with Crippen molar-refractivity contribution in [3.8, 4) is 11.4 Å². The Morgan fingerprint density at radius 2 is 1.85 bits per heavy atom. The number of ether oxygens (including phenoxy) is 1. The first-order valence-corrected chi connectivity index (χ1v) is 8.57. The number of aryl methyl sites for hydroxylation is 1. The number of para-hydroxylation sites is 1. The Kier molecular flexibility index (Phi) is 5.59. The van der Waals surface area contributed by atoms with Crippen molar-refractivity contribution in [2.24, 2.45) is 0 Å². The van der Waals surface area contributed by atoms with Crippen molar-refractivity contribution in [1.29, 1.82) is 0 Å². The number of amides is 2. The quantitative estimate of drug-likeness (QED) is 0.720. The molecule has 0 aliphatic carbocycles. The number of urea groups is 1. The second-order valence-corrected chi connectivity index (χ2v) is 6.11. The van der Waals surface area contributed by atoms with Crippen LogP contribution in [0.15, 0.2) is 73.1 Å². The van der Waals surface area contributed by atoms with Crippen LogP contribution in [0.2, 0.25) is 0 Å². The van der Waals surface area contributed by atoms with Crippen LogP contribution in [0.5, 0.6) is 5.75 Å². The van der Waals surface area contributed by atoms with Gasteiger partial charge in [-0.2, -0.15) is 0 Å². The fourth-order valence-corrected chi connectivity index (χ4v) is 2.58. The Labute approximate surface area is 153 Å². The number of carbonyl (C=O) groups excluding carboxylic acids is 1. The van der Waals surface area contributed by atoms with E-state index < -0.39 is 0 Å². The minimum atomic E-state index is -0.164. The molecule has 3 aromatic rings.